The molecule has 0 aliphatic carbocycles. The molecule has 0 aliphatic heterocycles. The van der Waals surface area contributed by atoms with Crippen molar-refractivity contribution in [1.82, 2.24) is 24.9 Å². The number of rotatable bonds is 5. The number of fused-ring (bicyclic) bond motifs is 6. The van der Waals surface area contributed by atoms with E-state index in [9.17, 15) is 0 Å². The molecule has 0 N–H and O–H groups in total. The van der Waals surface area contributed by atoms with Crippen LogP contribution in [0.4, 0.5) is 0 Å². The topological polar surface area (TPSA) is 77.6 Å². The van der Waals surface area contributed by atoms with Gasteiger partial charge in [0.1, 0.15) is 11.2 Å². The summed E-state index contributed by atoms with van der Waals surface area (Å²) in [6.45, 7) is 0. The Morgan fingerprint density at radius 2 is 1.04 bits per heavy atom. The zero-order valence-electron chi connectivity index (χ0n) is 26.5. The molecule has 0 saturated heterocycles. The van der Waals surface area contributed by atoms with Crippen molar-refractivity contribution in [2.24, 2.45) is 0 Å². The van der Waals surface area contributed by atoms with E-state index < -0.39 is 0 Å². The molecule has 0 fully saturated rings. The van der Waals surface area contributed by atoms with Crippen LogP contribution < -0.4 is 0 Å². The molecule has 0 spiro atoms. The molecular weight excluding hydrogens is 635 g/mol. The van der Waals surface area contributed by atoms with Crippen molar-refractivity contribution < 1.29 is 4.42 Å². The Hall–Kier alpha value is -6.57. The first-order valence-corrected chi connectivity index (χ1v) is 17.2. The fourth-order valence-electron chi connectivity index (χ4n) is 6.59. The summed E-state index contributed by atoms with van der Waals surface area (Å²) in [4.78, 5) is 25.2. The van der Waals surface area contributed by atoms with E-state index in [4.69, 9.17) is 29.3 Å². The maximum Gasteiger partial charge on any atom is 0.164 e. The Morgan fingerprint density at radius 1 is 0.420 bits per heavy atom. The van der Waals surface area contributed by atoms with Crippen molar-refractivity contribution in [3.63, 3.8) is 0 Å². The third-order valence-electron chi connectivity index (χ3n) is 8.96. The van der Waals surface area contributed by atoms with E-state index in [-0.39, 0.29) is 0 Å². The van der Waals surface area contributed by atoms with Gasteiger partial charge in [0.05, 0.1) is 15.9 Å². The second kappa shape index (κ2) is 11.5. The maximum absolute atomic E-state index is 6.54. The number of furan rings is 1. The highest BCUT2D eigenvalue weighted by Crippen LogP contribution is 2.41. The zero-order valence-corrected chi connectivity index (χ0v) is 27.3. The molecule has 10 rings (SSSR count). The molecule has 10 aromatic rings. The minimum absolute atomic E-state index is 0.584. The molecule has 6 nitrogen and oxygen atoms in total. The Kier molecular flexibility index (Phi) is 6.57. The van der Waals surface area contributed by atoms with Gasteiger partial charge in [-0.05, 0) is 24.3 Å². The van der Waals surface area contributed by atoms with Gasteiger partial charge >= 0.3 is 0 Å². The zero-order chi connectivity index (χ0) is 33.0. The van der Waals surface area contributed by atoms with Gasteiger partial charge in [0.15, 0.2) is 23.3 Å². The molecule has 0 bridgehead atoms. The fraction of sp³-hybridized carbons (Fsp3) is 0. The molecule has 0 saturated carbocycles. The summed E-state index contributed by atoms with van der Waals surface area (Å²) < 4.78 is 8.81. The summed E-state index contributed by atoms with van der Waals surface area (Å²) in [6.07, 6.45) is 0. The average Bonchev–Trinajstić information content (AvgIpc) is 3.76. The van der Waals surface area contributed by atoms with Gasteiger partial charge in [0.2, 0.25) is 0 Å². The molecule has 7 heteroatoms. The summed E-state index contributed by atoms with van der Waals surface area (Å²) in [6, 6.07) is 51.0. The van der Waals surface area contributed by atoms with Crippen LogP contribution in [0.15, 0.2) is 156 Å². The third kappa shape index (κ3) is 4.75. The lowest BCUT2D eigenvalue weighted by atomic mass is 10.0. The lowest BCUT2D eigenvalue weighted by molar-refractivity contribution is 0.669. The first kappa shape index (κ1) is 28.4. The van der Waals surface area contributed by atoms with Gasteiger partial charge in [-0.25, -0.2) is 24.9 Å². The molecular formula is C43H25N5OS. The van der Waals surface area contributed by atoms with E-state index in [1.807, 2.05) is 97.1 Å². The Labute approximate surface area is 290 Å². The van der Waals surface area contributed by atoms with Gasteiger partial charge < -0.3 is 4.42 Å². The van der Waals surface area contributed by atoms with Crippen molar-refractivity contribution in [3.8, 4) is 56.8 Å². The number of hydrogen-bond donors (Lipinski definition) is 0. The molecule has 0 amide bonds. The Balaban J connectivity index is 1.16. The van der Waals surface area contributed by atoms with Crippen molar-refractivity contribution in [2.75, 3.05) is 0 Å². The van der Waals surface area contributed by atoms with Crippen LogP contribution in [0.25, 0.3) is 99.1 Å². The largest absolute Gasteiger partial charge is 0.456 e. The summed E-state index contributed by atoms with van der Waals surface area (Å²) >= 11 is 1.73. The highest BCUT2D eigenvalue weighted by atomic mass is 32.1. The molecule has 4 aromatic heterocycles. The van der Waals surface area contributed by atoms with Crippen molar-refractivity contribution >= 4 is 53.6 Å². The van der Waals surface area contributed by atoms with E-state index in [0.717, 1.165) is 71.1 Å². The first-order chi connectivity index (χ1) is 24.8. The van der Waals surface area contributed by atoms with Gasteiger partial charge in [-0.2, -0.15) is 0 Å². The van der Waals surface area contributed by atoms with Crippen LogP contribution in [0.2, 0.25) is 0 Å². The van der Waals surface area contributed by atoms with Gasteiger partial charge in [-0.1, -0.05) is 127 Å². The average molecular weight is 660 g/mol. The predicted octanol–water partition coefficient (Wildman–Crippen LogP) is 11.3. The molecule has 0 radical (unpaired) electrons. The molecule has 0 atom stereocenters. The normalized spacial score (nSPS) is 11.6. The highest BCUT2D eigenvalue weighted by Gasteiger charge is 2.20. The van der Waals surface area contributed by atoms with Crippen LogP contribution in [0.1, 0.15) is 0 Å². The molecule has 6 aromatic carbocycles. The van der Waals surface area contributed by atoms with Crippen molar-refractivity contribution in [2.45, 2.75) is 0 Å². The van der Waals surface area contributed by atoms with Gasteiger partial charge in [0.25, 0.3) is 0 Å². The minimum atomic E-state index is 0.584. The summed E-state index contributed by atoms with van der Waals surface area (Å²) in [5.74, 6) is 2.47. The maximum atomic E-state index is 6.54. The SMILES string of the molecule is c1ccc(-c2nc(-c3ccccc3)nc(-c3cccc4oc5cc(-c6nc(-c7ccccc7)c7sc8ccccc8c7n6)ccc5c34)n2)cc1. The molecule has 234 valence electrons. The predicted molar refractivity (Wildman–Crippen MR) is 203 cm³/mol. The smallest absolute Gasteiger partial charge is 0.164 e. The number of hydrogen-bond acceptors (Lipinski definition) is 7. The summed E-state index contributed by atoms with van der Waals surface area (Å²) in [5, 5.41) is 3.04. The van der Waals surface area contributed by atoms with E-state index >= 15 is 0 Å². The standard InChI is InChI=1S/C43H25N5OS/c1-4-13-26(14-5-1)37-39-38(31-19-10-11-22-35(31)50-39)45-42(44-37)29-23-24-30-34(25-29)49-33-21-12-20-32(36(30)33)43-47-40(27-15-6-2-7-16-27)46-41(48-43)28-17-8-3-9-18-28/h1-25H. The Bertz CT molecular complexity index is 2810. The van der Waals surface area contributed by atoms with Crippen LogP contribution in [0, 0.1) is 0 Å². The van der Waals surface area contributed by atoms with Crippen LogP contribution in [0.5, 0.6) is 0 Å². The van der Waals surface area contributed by atoms with E-state index in [1.165, 1.54) is 4.70 Å². The van der Waals surface area contributed by atoms with E-state index in [0.29, 0.717) is 23.3 Å². The lowest BCUT2D eigenvalue weighted by Gasteiger charge is -2.09. The second-order valence-corrected chi connectivity index (χ2v) is 13.1. The summed E-state index contributed by atoms with van der Waals surface area (Å²) in [7, 11) is 0. The Morgan fingerprint density at radius 3 is 1.76 bits per heavy atom. The van der Waals surface area contributed by atoms with Crippen LogP contribution in [-0.4, -0.2) is 24.9 Å². The number of thiophene rings is 1. The minimum Gasteiger partial charge on any atom is -0.456 e. The van der Waals surface area contributed by atoms with E-state index in [1.54, 1.807) is 11.3 Å². The molecule has 4 heterocycles. The second-order valence-electron chi connectivity index (χ2n) is 12.1. The number of benzene rings is 6. The number of aromatic nitrogens is 5. The van der Waals surface area contributed by atoms with Crippen molar-refractivity contribution in [1.29, 1.82) is 0 Å². The van der Waals surface area contributed by atoms with Gasteiger partial charge in [0, 0.05) is 48.7 Å². The molecule has 0 aliphatic rings. The monoisotopic (exact) mass is 659 g/mol. The van der Waals surface area contributed by atoms with Crippen LogP contribution >= 0.6 is 11.3 Å². The summed E-state index contributed by atoms with van der Waals surface area (Å²) in [5.41, 5.74) is 8.04. The number of nitrogens with zero attached hydrogens (tertiary/aromatic N) is 5. The third-order valence-corrected chi connectivity index (χ3v) is 10.1. The van der Waals surface area contributed by atoms with Gasteiger partial charge in [-0.3, -0.25) is 0 Å². The van der Waals surface area contributed by atoms with Crippen molar-refractivity contribution in [3.05, 3.63) is 152 Å². The quantitative estimate of drug-likeness (QED) is 0.183. The molecule has 0 unspecified atom stereocenters. The lowest BCUT2D eigenvalue weighted by Crippen LogP contribution is -2.00. The highest BCUT2D eigenvalue weighted by molar-refractivity contribution is 7.26. The van der Waals surface area contributed by atoms with Crippen LogP contribution in [0.3, 0.4) is 0 Å². The molecule has 50 heavy (non-hydrogen) atoms. The fourth-order valence-corrected chi connectivity index (χ4v) is 7.75. The first-order valence-electron chi connectivity index (χ1n) is 16.3. The van der Waals surface area contributed by atoms with E-state index in [2.05, 4.69) is 54.6 Å². The van der Waals surface area contributed by atoms with Gasteiger partial charge in [-0.15, -0.1) is 11.3 Å². The van der Waals surface area contributed by atoms with Crippen LogP contribution in [-0.2, 0) is 0 Å².